The lowest BCUT2D eigenvalue weighted by atomic mass is 10.0. The Morgan fingerprint density at radius 1 is 1.24 bits per heavy atom. The zero-order valence-electron chi connectivity index (χ0n) is 11.5. The van der Waals surface area contributed by atoms with Crippen LogP contribution in [0, 0.1) is 0 Å². The van der Waals surface area contributed by atoms with Crippen LogP contribution in [0.5, 0.6) is 0 Å². The van der Waals surface area contributed by atoms with Gasteiger partial charge in [-0.25, -0.2) is 15.8 Å². The number of benzene rings is 1. The van der Waals surface area contributed by atoms with Crippen LogP contribution in [0.1, 0.15) is 12.0 Å². The van der Waals surface area contributed by atoms with Crippen molar-refractivity contribution in [3.63, 3.8) is 0 Å². The first-order valence-corrected chi connectivity index (χ1v) is 7.02. The Morgan fingerprint density at radius 3 is 3.05 bits per heavy atom. The Labute approximate surface area is 122 Å². The van der Waals surface area contributed by atoms with Crippen LogP contribution < -0.4 is 16.2 Å². The Bertz CT molecular complexity index is 794. The minimum Gasteiger partial charge on any atom is -0.323 e. The van der Waals surface area contributed by atoms with Crippen molar-refractivity contribution in [2.75, 3.05) is 16.9 Å². The minimum absolute atomic E-state index is 0.624. The van der Waals surface area contributed by atoms with Crippen LogP contribution in [0.3, 0.4) is 0 Å². The average molecular weight is 280 g/mol. The third-order valence-corrected chi connectivity index (χ3v) is 3.87. The van der Waals surface area contributed by atoms with E-state index in [4.69, 9.17) is 5.84 Å². The van der Waals surface area contributed by atoms with Gasteiger partial charge in [-0.2, -0.15) is 0 Å². The van der Waals surface area contributed by atoms with E-state index in [9.17, 15) is 0 Å². The molecule has 0 amide bonds. The molecule has 6 heteroatoms. The second-order valence-electron chi connectivity index (χ2n) is 5.14. The lowest BCUT2D eigenvalue weighted by Gasteiger charge is -2.30. The highest BCUT2D eigenvalue weighted by molar-refractivity contribution is 5.76. The number of hydrogen-bond acceptors (Lipinski definition) is 5. The topological polar surface area (TPSA) is 71.5 Å². The first-order chi connectivity index (χ1) is 10.4. The SMILES string of the molecule is NNc1cn2ccnc2c(N2CCCc3ccccc32)n1. The van der Waals surface area contributed by atoms with Gasteiger partial charge >= 0.3 is 0 Å². The Hall–Kier alpha value is -2.60. The zero-order chi connectivity index (χ0) is 14.2. The number of nitrogens with two attached hydrogens (primary N) is 1. The van der Waals surface area contributed by atoms with Gasteiger partial charge in [0.1, 0.15) is 0 Å². The fourth-order valence-electron chi connectivity index (χ4n) is 2.92. The monoisotopic (exact) mass is 280 g/mol. The Balaban J connectivity index is 1.93. The molecule has 2 aromatic heterocycles. The fraction of sp³-hybridized carbons (Fsp3) is 0.200. The van der Waals surface area contributed by atoms with Crippen LogP contribution in [0.4, 0.5) is 17.3 Å². The van der Waals surface area contributed by atoms with Crippen molar-refractivity contribution in [2.45, 2.75) is 12.8 Å². The molecule has 3 N–H and O–H groups in total. The number of para-hydroxylation sites is 1. The summed E-state index contributed by atoms with van der Waals surface area (Å²) in [7, 11) is 0. The number of anilines is 3. The largest absolute Gasteiger partial charge is 0.323 e. The van der Waals surface area contributed by atoms with Crippen molar-refractivity contribution >= 4 is 23.0 Å². The van der Waals surface area contributed by atoms with Crippen molar-refractivity contribution in [3.8, 4) is 0 Å². The summed E-state index contributed by atoms with van der Waals surface area (Å²) in [6.45, 7) is 0.931. The summed E-state index contributed by atoms with van der Waals surface area (Å²) in [5.41, 5.74) is 6.02. The number of nitrogens with zero attached hydrogens (tertiary/aromatic N) is 4. The van der Waals surface area contributed by atoms with E-state index in [0.717, 1.165) is 30.9 Å². The number of hydrogen-bond donors (Lipinski definition) is 2. The van der Waals surface area contributed by atoms with E-state index in [0.29, 0.717) is 5.82 Å². The highest BCUT2D eigenvalue weighted by Gasteiger charge is 2.22. The minimum atomic E-state index is 0.624. The van der Waals surface area contributed by atoms with E-state index in [2.05, 4.69) is 44.6 Å². The Kier molecular flexibility index (Phi) is 2.75. The number of aryl methyl sites for hydroxylation is 1. The van der Waals surface area contributed by atoms with Crippen molar-refractivity contribution in [2.24, 2.45) is 5.84 Å². The van der Waals surface area contributed by atoms with Gasteiger partial charge in [-0.1, -0.05) is 18.2 Å². The van der Waals surface area contributed by atoms with Gasteiger partial charge in [-0.05, 0) is 24.5 Å². The summed E-state index contributed by atoms with van der Waals surface area (Å²) in [5.74, 6) is 7.00. The standard InChI is InChI=1S/C15H16N6/c16-19-13-10-20-9-7-17-14(20)15(18-13)21-8-3-5-11-4-1-2-6-12(11)21/h1-2,4,6-7,9-10,19H,3,5,8,16H2. The van der Waals surface area contributed by atoms with Gasteiger partial charge < -0.3 is 14.7 Å². The maximum absolute atomic E-state index is 5.54. The molecule has 0 radical (unpaired) electrons. The van der Waals surface area contributed by atoms with Gasteiger partial charge in [0.2, 0.25) is 0 Å². The van der Waals surface area contributed by atoms with Gasteiger partial charge in [0.05, 0.1) is 6.20 Å². The predicted octanol–water partition coefficient (Wildman–Crippen LogP) is 2.10. The highest BCUT2D eigenvalue weighted by atomic mass is 15.3. The molecule has 106 valence electrons. The maximum Gasteiger partial charge on any atom is 0.180 e. The second kappa shape index (κ2) is 4.75. The van der Waals surface area contributed by atoms with Gasteiger partial charge in [-0.3, -0.25) is 0 Å². The van der Waals surface area contributed by atoms with Crippen LogP contribution in [0.2, 0.25) is 0 Å². The first-order valence-electron chi connectivity index (χ1n) is 7.02. The third-order valence-electron chi connectivity index (χ3n) is 3.87. The lowest BCUT2D eigenvalue weighted by Crippen LogP contribution is -2.26. The molecule has 1 aliphatic heterocycles. The first kappa shape index (κ1) is 12.2. The molecule has 0 bridgehead atoms. The Morgan fingerprint density at radius 2 is 2.14 bits per heavy atom. The summed E-state index contributed by atoms with van der Waals surface area (Å²) >= 11 is 0. The van der Waals surface area contributed by atoms with Crippen LogP contribution in [-0.2, 0) is 6.42 Å². The molecule has 0 saturated heterocycles. The van der Waals surface area contributed by atoms with Gasteiger partial charge in [0, 0.05) is 24.6 Å². The van der Waals surface area contributed by atoms with E-state index >= 15 is 0 Å². The van der Waals surface area contributed by atoms with Crippen molar-refractivity contribution in [3.05, 3.63) is 48.4 Å². The quantitative estimate of drug-likeness (QED) is 0.555. The molecule has 0 spiro atoms. The molecule has 1 aromatic carbocycles. The number of nitrogens with one attached hydrogen (secondary N) is 1. The number of aromatic nitrogens is 3. The number of rotatable bonds is 2. The van der Waals surface area contributed by atoms with Crippen LogP contribution >= 0.6 is 0 Å². The smallest absolute Gasteiger partial charge is 0.180 e. The fourth-order valence-corrected chi connectivity index (χ4v) is 2.92. The summed E-state index contributed by atoms with van der Waals surface area (Å²) < 4.78 is 1.94. The summed E-state index contributed by atoms with van der Waals surface area (Å²) in [6, 6.07) is 8.46. The molecule has 6 nitrogen and oxygen atoms in total. The van der Waals surface area contributed by atoms with E-state index in [1.807, 2.05) is 16.8 Å². The lowest BCUT2D eigenvalue weighted by molar-refractivity contribution is 0.759. The molecular weight excluding hydrogens is 264 g/mol. The van der Waals surface area contributed by atoms with Crippen molar-refractivity contribution in [1.29, 1.82) is 0 Å². The molecule has 21 heavy (non-hydrogen) atoms. The zero-order valence-corrected chi connectivity index (χ0v) is 11.5. The number of nitrogen functional groups attached to an aromatic ring is 1. The molecule has 0 atom stereocenters. The summed E-state index contributed by atoms with van der Waals surface area (Å²) in [5, 5.41) is 0. The molecule has 0 saturated carbocycles. The molecule has 0 unspecified atom stereocenters. The molecule has 4 rings (SSSR count). The normalized spacial score (nSPS) is 14.2. The van der Waals surface area contributed by atoms with Crippen molar-refractivity contribution < 1.29 is 0 Å². The number of hydrazine groups is 1. The predicted molar refractivity (Wildman–Crippen MR) is 82.6 cm³/mol. The van der Waals surface area contributed by atoms with Gasteiger partial charge in [-0.15, -0.1) is 0 Å². The molecule has 1 aliphatic rings. The molecule has 0 fully saturated rings. The average Bonchev–Trinajstić information content (AvgIpc) is 3.02. The third kappa shape index (κ3) is 1.92. The summed E-state index contributed by atoms with van der Waals surface area (Å²) in [4.78, 5) is 11.3. The molecule has 3 heterocycles. The van der Waals surface area contributed by atoms with E-state index in [-0.39, 0.29) is 0 Å². The number of imidazole rings is 1. The van der Waals surface area contributed by atoms with Crippen LogP contribution in [0.25, 0.3) is 5.65 Å². The van der Waals surface area contributed by atoms with Crippen LogP contribution in [0.15, 0.2) is 42.9 Å². The molecule has 0 aliphatic carbocycles. The van der Waals surface area contributed by atoms with Crippen LogP contribution in [-0.4, -0.2) is 20.9 Å². The summed E-state index contributed by atoms with van der Waals surface area (Å²) in [6.07, 6.45) is 7.72. The highest BCUT2D eigenvalue weighted by Crippen LogP contribution is 2.34. The van der Waals surface area contributed by atoms with Crippen molar-refractivity contribution in [1.82, 2.24) is 14.4 Å². The van der Waals surface area contributed by atoms with E-state index < -0.39 is 0 Å². The maximum atomic E-state index is 5.54. The molecule has 3 aromatic rings. The number of fused-ring (bicyclic) bond motifs is 2. The van der Waals surface area contributed by atoms with E-state index in [1.54, 1.807) is 6.20 Å². The van der Waals surface area contributed by atoms with Gasteiger partial charge in [0.15, 0.2) is 17.3 Å². The second-order valence-corrected chi connectivity index (χ2v) is 5.14. The van der Waals surface area contributed by atoms with Gasteiger partial charge in [0.25, 0.3) is 0 Å². The van der Waals surface area contributed by atoms with E-state index in [1.165, 1.54) is 11.3 Å². The molecular formula is C15H16N6.